The summed E-state index contributed by atoms with van der Waals surface area (Å²) in [5.41, 5.74) is 1.45. The third-order valence-corrected chi connectivity index (χ3v) is 2.07. The average molecular weight is 182 g/mol. The molecule has 1 N–H and O–H groups in total. The Morgan fingerprint density at radius 1 is 1.77 bits per heavy atom. The number of hydrogen-bond acceptors (Lipinski definition) is 3. The van der Waals surface area contributed by atoms with Crippen LogP contribution in [0.3, 0.4) is 0 Å². The Morgan fingerprint density at radius 2 is 2.54 bits per heavy atom. The quantitative estimate of drug-likeness (QED) is 0.710. The summed E-state index contributed by atoms with van der Waals surface area (Å²) < 4.78 is 7.00. The highest BCUT2D eigenvalue weighted by Gasteiger charge is 2.22. The van der Waals surface area contributed by atoms with Gasteiger partial charge >= 0.3 is 5.97 Å². The van der Waals surface area contributed by atoms with Crippen LogP contribution in [0.4, 0.5) is 0 Å². The molecule has 0 aromatic carbocycles. The first-order chi connectivity index (χ1) is 6.18. The zero-order valence-corrected chi connectivity index (χ0v) is 7.28. The molecule has 5 nitrogen and oxygen atoms in total. The van der Waals surface area contributed by atoms with Crippen molar-refractivity contribution in [3.05, 3.63) is 11.3 Å². The van der Waals surface area contributed by atoms with Gasteiger partial charge in [-0.05, 0) is 6.92 Å². The van der Waals surface area contributed by atoms with Crippen molar-refractivity contribution in [2.45, 2.75) is 19.9 Å². The predicted octanol–water partition coefficient (Wildman–Crippen LogP) is 0.211. The number of carbonyl (C=O) groups is 1. The molecule has 0 atom stereocenters. The summed E-state index contributed by atoms with van der Waals surface area (Å²) in [5.74, 6) is -0.227. The Morgan fingerprint density at radius 3 is 3.23 bits per heavy atom. The zero-order chi connectivity index (χ0) is 9.42. The van der Waals surface area contributed by atoms with Crippen LogP contribution < -0.4 is 4.74 Å². The van der Waals surface area contributed by atoms with E-state index < -0.39 is 5.97 Å². The molecule has 0 aliphatic carbocycles. The van der Waals surface area contributed by atoms with Gasteiger partial charge in [0, 0.05) is 5.56 Å². The maximum absolute atomic E-state index is 10.5. The third-order valence-electron chi connectivity index (χ3n) is 2.07. The lowest BCUT2D eigenvalue weighted by atomic mass is 10.2. The molecule has 0 fully saturated rings. The Labute approximate surface area is 74.9 Å². The fourth-order valence-corrected chi connectivity index (χ4v) is 1.49. The third kappa shape index (κ3) is 1.26. The Hall–Kier alpha value is -1.52. The van der Waals surface area contributed by atoms with Gasteiger partial charge in [-0.3, -0.25) is 4.79 Å². The molecular weight excluding hydrogens is 172 g/mol. The Kier molecular flexibility index (Phi) is 1.72. The summed E-state index contributed by atoms with van der Waals surface area (Å²) in [7, 11) is 0. The second kappa shape index (κ2) is 2.76. The second-order valence-electron chi connectivity index (χ2n) is 3.01. The van der Waals surface area contributed by atoms with E-state index in [-0.39, 0.29) is 6.42 Å². The largest absolute Gasteiger partial charge is 0.481 e. The van der Waals surface area contributed by atoms with Crippen molar-refractivity contribution in [1.82, 2.24) is 9.78 Å². The van der Waals surface area contributed by atoms with Crippen molar-refractivity contribution < 1.29 is 14.6 Å². The summed E-state index contributed by atoms with van der Waals surface area (Å²) in [6, 6.07) is 0. The maximum atomic E-state index is 10.5. The molecule has 1 aliphatic rings. The Bertz CT molecular complexity index is 357. The topological polar surface area (TPSA) is 64.4 Å². The number of hydrogen-bond donors (Lipinski definition) is 1. The van der Waals surface area contributed by atoms with Crippen molar-refractivity contribution in [1.29, 1.82) is 0 Å². The predicted molar refractivity (Wildman–Crippen MR) is 43.8 cm³/mol. The van der Waals surface area contributed by atoms with E-state index in [0.717, 1.165) is 12.2 Å². The summed E-state index contributed by atoms with van der Waals surface area (Å²) >= 11 is 0. The van der Waals surface area contributed by atoms with E-state index in [9.17, 15) is 4.79 Å². The van der Waals surface area contributed by atoms with Crippen LogP contribution in [0.25, 0.3) is 0 Å². The molecule has 1 aromatic heterocycles. The number of fused-ring (bicyclic) bond motifs is 1. The van der Waals surface area contributed by atoms with Crippen molar-refractivity contribution in [2.24, 2.45) is 0 Å². The summed E-state index contributed by atoms with van der Waals surface area (Å²) in [4.78, 5) is 10.5. The number of aromatic nitrogens is 2. The van der Waals surface area contributed by atoms with E-state index >= 15 is 0 Å². The molecule has 70 valence electrons. The van der Waals surface area contributed by atoms with E-state index in [1.165, 1.54) is 0 Å². The molecule has 0 saturated carbocycles. The van der Waals surface area contributed by atoms with E-state index in [2.05, 4.69) is 5.10 Å². The smallest absolute Gasteiger partial charge is 0.308 e. The molecule has 0 radical (unpaired) electrons. The summed E-state index contributed by atoms with van der Waals surface area (Å²) in [5, 5.41) is 12.8. The fourth-order valence-electron chi connectivity index (χ4n) is 1.49. The minimum atomic E-state index is -0.852. The minimum Gasteiger partial charge on any atom is -0.481 e. The van der Waals surface area contributed by atoms with Gasteiger partial charge in [-0.1, -0.05) is 0 Å². The molecule has 0 saturated heterocycles. The fraction of sp³-hybridized carbons (Fsp3) is 0.500. The number of nitrogens with zero attached hydrogens (tertiary/aromatic N) is 2. The maximum Gasteiger partial charge on any atom is 0.308 e. The van der Waals surface area contributed by atoms with Gasteiger partial charge in [0.25, 0.3) is 0 Å². The second-order valence-corrected chi connectivity index (χ2v) is 3.01. The van der Waals surface area contributed by atoms with Crippen LogP contribution >= 0.6 is 0 Å². The van der Waals surface area contributed by atoms with Gasteiger partial charge in [-0.15, -0.1) is 0 Å². The van der Waals surface area contributed by atoms with Crippen LogP contribution in [0.15, 0.2) is 0 Å². The standard InChI is InChI=1S/C8H10N2O3/c1-5-6(4-7(11)12)8-10(9-5)2-3-13-8/h2-4H2,1H3,(H,11,12). The van der Waals surface area contributed by atoms with Crippen LogP contribution in [0, 0.1) is 6.92 Å². The van der Waals surface area contributed by atoms with Gasteiger partial charge in [-0.25, -0.2) is 4.68 Å². The molecule has 2 heterocycles. The average Bonchev–Trinajstić information content (AvgIpc) is 2.55. The van der Waals surface area contributed by atoms with Gasteiger partial charge in [0.2, 0.25) is 5.88 Å². The first-order valence-corrected chi connectivity index (χ1v) is 4.09. The SMILES string of the molecule is Cc1nn2c(c1CC(=O)O)OCC2. The molecule has 5 heteroatoms. The molecule has 0 unspecified atom stereocenters. The number of aliphatic carboxylic acids is 1. The van der Waals surface area contributed by atoms with Crippen LogP contribution in [0.2, 0.25) is 0 Å². The molecule has 0 bridgehead atoms. The number of aryl methyl sites for hydroxylation is 1. The number of rotatable bonds is 2. The normalized spacial score (nSPS) is 13.9. The lowest BCUT2D eigenvalue weighted by Gasteiger charge is -1.97. The first kappa shape index (κ1) is 8.10. The van der Waals surface area contributed by atoms with E-state index in [1.807, 2.05) is 0 Å². The first-order valence-electron chi connectivity index (χ1n) is 4.09. The van der Waals surface area contributed by atoms with E-state index in [0.29, 0.717) is 18.1 Å². The summed E-state index contributed by atoms with van der Waals surface area (Å²) in [6.07, 6.45) is -0.0127. The van der Waals surface area contributed by atoms with Crippen molar-refractivity contribution >= 4 is 5.97 Å². The molecule has 0 spiro atoms. The van der Waals surface area contributed by atoms with Crippen molar-refractivity contribution in [2.75, 3.05) is 6.61 Å². The van der Waals surface area contributed by atoms with Gasteiger partial charge in [0.05, 0.1) is 18.7 Å². The van der Waals surface area contributed by atoms with Gasteiger partial charge in [-0.2, -0.15) is 5.10 Å². The number of carboxylic acids is 1. The van der Waals surface area contributed by atoms with E-state index in [4.69, 9.17) is 9.84 Å². The number of carboxylic acid groups (broad SMARTS) is 1. The van der Waals surface area contributed by atoms with Gasteiger partial charge in [0.15, 0.2) is 0 Å². The highest BCUT2D eigenvalue weighted by Crippen LogP contribution is 2.26. The van der Waals surface area contributed by atoms with E-state index in [1.54, 1.807) is 11.6 Å². The highest BCUT2D eigenvalue weighted by molar-refractivity contribution is 5.71. The van der Waals surface area contributed by atoms with Crippen LogP contribution in [0.1, 0.15) is 11.3 Å². The monoisotopic (exact) mass is 182 g/mol. The molecule has 1 aromatic rings. The summed E-state index contributed by atoms with van der Waals surface area (Å²) in [6.45, 7) is 3.11. The van der Waals surface area contributed by atoms with Crippen LogP contribution in [-0.4, -0.2) is 27.5 Å². The molecule has 0 amide bonds. The Balaban J connectivity index is 2.38. The number of ether oxygens (including phenoxy) is 1. The van der Waals surface area contributed by atoms with Crippen molar-refractivity contribution in [3.8, 4) is 5.88 Å². The zero-order valence-electron chi connectivity index (χ0n) is 7.28. The highest BCUT2D eigenvalue weighted by atomic mass is 16.5. The van der Waals surface area contributed by atoms with Crippen LogP contribution in [-0.2, 0) is 17.8 Å². The van der Waals surface area contributed by atoms with Crippen LogP contribution in [0.5, 0.6) is 5.88 Å². The van der Waals surface area contributed by atoms with Crippen molar-refractivity contribution in [3.63, 3.8) is 0 Å². The molecular formula is C8H10N2O3. The molecule has 13 heavy (non-hydrogen) atoms. The molecule has 2 rings (SSSR count). The lowest BCUT2D eigenvalue weighted by Crippen LogP contribution is -2.02. The van der Waals surface area contributed by atoms with Gasteiger partial charge < -0.3 is 9.84 Å². The minimum absolute atomic E-state index is 0.0127. The lowest BCUT2D eigenvalue weighted by molar-refractivity contribution is -0.136. The molecule has 1 aliphatic heterocycles. The van der Waals surface area contributed by atoms with Gasteiger partial charge in [0.1, 0.15) is 6.61 Å².